The van der Waals surface area contributed by atoms with Gasteiger partial charge in [-0.1, -0.05) is 32.5 Å². The fourth-order valence-corrected chi connectivity index (χ4v) is 4.39. The van der Waals surface area contributed by atoms with Gasteiger partial charge >= 0.3 is 0 Å². The number of rotatable bonds is 9. The predicted molar refractivity (Wildman–Crippen MR) is 119 cm³/mol. The summed E-state index contributed by atoms with van der Waals surface area (Å²) in [6, 6.07) is 5.66. The van der Waals surface area contributed by atoms with E-state index in [1.165, 1.54) is 0 Å². The van der Waals surface area contributed by atoms with Crippen molar-refractivity contribution in [2.45, 2.75) is 50.8 Å². The van der Waals surface area contributed by atoms with Gasteiger partial charge in [0, 0.05) is 30.7 Å². The minimum absolute atomic E-state index is 0.0214. The highest BCUT2D eigenvalue weighted by molar-refractivity contribution is 8.01. The quantitative estimate of drug-likeness (QED) is 0.353. The molecule has 0 bridgehead atoms. The van der Waals surface area contributed by atoms with Crippen LogP contribution in [0.25, 0.3) is 10.2 Å². The first-order valence-corrected chi connectivity index (χ1v) is 11.3. The summed E-state index contributed by atoms with van der Waals surface area (Å²) in [5.74, 6) is 7.19. The maximum absolute atomic E-state index is 12.0. The van der Waals surface area contributed by atoms with E-state index in [9.17, 15) is 9.59 Å². The normalized spacial score (nSPS) is 10.6. The molecule has 0 saturated carbocycles. The molecule has 1 heterocycles. The van der Waals surface area contributed by atoms with Gasteiger partial charge in [-0.3, -0.25) is 9.59 Å². The molecule has 2 aromatic rings. The number of fused-ring (bicyclic) bond motifs is 1. The second-order valence-electron chi connectivity index (χ2n) is 6.79. The van der Waals surface area contributed by atoms with Crippen LogP contribution in [0.4, 0.5) is 5.69 Å². The lowest BCUT2D eigenvalue weighted by molar-refractivity contribution is -0.124. The molecule has 2 rings (SSSR count). The van der Waals surface area contributed by atoms with E-state index in [1.54, 1.807) is 23.1 Å². The number of aromatic nitrogens is 1. The van der Waals surface area contributed by atoms with Crippen LogP contribution in [0.2, 0.25) is 0 Å². The maximum atomic E-state index is 12.0. The van der Waals surface area contributed by atoms with Crippen molar-refractivity contribution in [3.63, 3.8) is 0 Å². The molecule has 0 aliphatic carbocycles. The highest BCUT2D eigenvalue weighted by atomic mass is 32.2. The van der Waals surface area contributed by atoms with Crippen molar-refractivity contribution < 1.29 is 9.59 Å². The Labute approximate surface area is 175 Å². The van der Waals surface area contributed by atoms with Gasteiger partial charge < -0.3 is 10.6 Å². The van der Waals surface area contributed by atoms with Gasteiger partial charge in [0.05, 0.1) is 16.8 Å². The van der Waals surface area contributed by atoms with Gasteiger partial charge in [-0.25, -0.2) is 4.98 Å². The summed E-state index contributed by atoms with van der Waals surface area (Å²) in [4.78, 5) is 28.3. The Bertz CT molecular complexity index is 865. The van der Waals surface area contributed by atoms with Gasteiger partial charge in [-0.2, -0.15) is 0 Å². The second-order valence-corrected chi connectivity index (χ2v) is 9.16. The zero-order valence-electron chi connectivity index (χ0n) is 16.6. The molecule has 7 heteroatoms. The van der Waals surface area contributed by atoms with Crippen LogP contribution in [0.15, 0.2) is 22.5 Å². The van der Waals surface area contributed by atoms with Gasteiger partial charge in [0.25, 0.3) is 0 Å². The SMILES string of the molecule is CCCC#CCCSc1nc2ccc(NC(=O)CNC(=O)CC(C)C)cc2s1. The smallest absolute Gasteiger partial charge is 0.243 e. The number of carbonyl (C=O) groups is 2. The van der Waals surface area contributed by atoms with E-state index in [4.69, 9.17) is 0 Å². The van der Waals surface area contributed by atoms with Crippen LogP contribution in [-0.2, 0) is 9.59 Å². The Balaban J connectivity index is 1.85. The first kappa shape index (κ1) is 22.3. The highest BCUT2D eigenvalue weighted by Gasteiger charge is 2.09. The standard InChI is InChI=1S/C21H27N3O2S2/c1-4-5-6-7-8-11-27-21-24-17-10-9-16(13-18(17)28-21)23-20(26)14-22-19(25)12-15(2)3/h9-10,13,15H,4-5,8,11-12,14H2,1-3H3,(H,22,25)(H,23,26). The molecular formula is C21H27N3O2S2. The number of thiazole rings is 1. The molecule has 0 radical (unpaired) electrons. The molecule has 1 aromatic carbocycles. The van der Waals surface area contributed by atoms with Crippen LogP contribution in [0.5, 0.6) is 0 Å². The summed E-state index contributed by atoms with van der Waals surface area (Å²) in [5.41, 5.74) is 1.63. The fourth-order valence-electron chi connectivity index (χ4n) is 2.36. The van der Waals surface area contributed by atoms with Crippen LogP contribution in [0.1, 0.15) is 46.5 Å². The van der Waals surface area contributed by atoms with Gasteiger partial charge in [0.15, 0.2) is 4.34 Å². The van der Waals surface area contributed by atoms with Crippen LogP contribution >= 0.6 is 23.1 Å². The summed E-state index contributed by atoms with van der Waals surface area (Å²) in [5, 5.41) is 5.47. The monoisotopic (exact) mass is 417 g/mol. The number of carbonyl (C=O) groups excluding carboxylic acids is 2. The van der Waals surface area contributed by atoms with Crippen molar-refractivity contribution in [3.8, 4) is 11.8 Å². The van der Waals surface area contributed by atoms with Gasteiger partial charge in [0.2, 0.25) is 11.8 Å². The van der Waals surface area contributed by atoms with E-state index < -0.39 is 0 Å². The molecule has 150 valence electrons. The Morgan fingerprint density at radius 2 is 2.00 bits per heavy atom. The number of nitrogens with zero attached hydrogens (tertiary/aromatic N) is 1. The van der Waals surface area contributed by atoms with Crippen molar-refractivity contribution in [2.24, 2.45) is 5.92 Å². The lowest BCUT2D eigenvalue weighted by Crippen LogP contribution is -2.33. The molecular weight excluding hydrogens is 390 g/mol. The molecule has 0 aliphatic heterocycles. The molecule has 0 atom stereocenters. The number of benzene rings is 1. The number of hydrogen-bond acceptors (Lipinski definition) is 5. The minimum Gasteiger partial charge on any atom is -0.347 e. The zero-order chi connectivity index (χ0) is 20.4. The van der Waals surface area contributed by atoms with Crippen LogP contribution in [-0.4, -0.2) is 29.1 Å². The molecule has 5 nitrogen and oxygen atoms in total. The molecule has 0 saturated heterocycles. The lowest BCUT2D eigenvalue weighted by atomic mass is 10.1. The van der Waals surface area contributed by atoms with E-state index in [2.05, 4.69) is 34.4 Å². The third-order valence-corrected chi connectivity index (χ3v) is 5.81. The van der Waals surface area contributed by atoms with Crippen LogP contribution in [0, 0.1) is 17.8 Å². The summed E-state index contributed by atoms with van der Waals surface area (Å²) in [6.45, 7) is 6.04. The average Bonchev–Trinajstić information content (AvgIpc) is 3.04. The van der Waals surface area contributed by atoms with Crippen molar-refractivity contribution in [1.29, 1.82) is 0 Å². The summed E-state index contributed by atoms with van der Waals surface area (Å²) in [6.07, 6.45) is 3.35. The number of nitrogens with one attached hydrogen (secondary N) is 2. The average molecular weight is 418 g/mol. The third kappa shape index (κ3) is 7.91. The van der Waals surface area contributed by atoms with Crippen molar-refractivity contribution in [2.75, 3.05) is 17.6 Å². The number of unbranched alkanes of at least 4 members (excludes halogenated alkanes) is 1. The van der Waals surface area contributed by atoms with Crippen molar-refractivity contribution in [1.82, 2.24) is 10.3 Å². The Hall–Kier alpha value is -2.04. The van der Waals surface area contributed by atoms with E-state index in [1.807, 2.05) is 32.0 Å². The molecule has 0 aliphatic rings. The van der Waals surface area contributed by atoms with Gasteiger partial charge in [-0.15, -0.1) is 23.2 Å². The third-order valence-electron chi connectivity index (χ3n) is 3.64. The zero-order valence-corrected chi connectivity index (χ0v) is 18.3. The molecule has 2 N–H and O–H groups in total. The number of hydrogen-bond donors (Lipinski definition) is 2. The predicted octanol–water partition coefficient (Wildman–Crippen LogP) is 4.68. The van der Waals surface area contributed by atoms with E-state index in [0.29, 0.717) is 12.1 Å². The van der Waals surface area contributed by atoms with E-state index >= 15 is 0 Å². The Morgan fingerprint density at radius 3 is 2.75 bits per heavy atom. The van der Waals surface area contributed by atoms with Crippen LogP contribution < -0.4 is 10.6 Å². The summed E-state index contributed by atoms with van der Waals surface area (Å²) in [7, 11) is 0. The van der Waals surface area contributed by atoms with Crippen LogP contribution in [0.3, 0.4) is 0 Å². The second kappa shape index (κ2) is 11.7. The number of thioether (sulfide) groups is 1. The molecule has 28 heavy (non-hydrogen) atoms. The molecule has 0 fully saturated rings. The Kier molecular flexibility index (Phi) is 9.32. The molecule has 0 spiro atoms. The lowest BCUT2D eigenvalue weighted by Gasteiger charge is -2.08. The van der Waals surface area contributed by atoms with E-state index in [-0.39, 0.29) is 24.3 Å². The first-order chi connectivity index (χ1) is 13.5. The summed E-state index contributed by atoms with van der Waals surface area (Å²) >= 11 is 3.32. The summed E-state index contributed by atoms with van der Waals surface area (Å²) < 4.78 is 2.04. The molecule has 2 amide bonds. The van der Waals surface area contributed by atoms with Crippen molar-refractivity contribution in [3.05, 3.63) is 18.2 Å². The van der Waals surface area contributed by atoms with Gasteiger partial charge in [0.1, 0.15) is 0 Å². The number of anilines is 1. The number of amides is 2. The topological polar surface area (TPSA) is 71.1 Å². The molecule has 0 unspecified atom stereocenters. The minimum atomic E-state index is -0.235. The fraction of sp³-hybridized carbons (Fsp3) is 0.476. The Morgan fingerprint density at radius 1 is 1.21 bits per heavy atom. The van der Waals surface area contributed by atoms with Gasteiger partial charge in [-0.05, 0) is 30.5 Å². The van der Waals surface area contributed by atoms with Crippen molar-refractivity contribution >= 4 is 50.8 Å². The largest absolute Gasteiger partial charge is 0.347 e. The molecule has 1 aromatic heterocycles. The highest BCUT2D eigenvalue weighted by Crippen LogP contribution is 2.31. The maximum Gasteiger partial charge on any atom is 0.243 e. The first-order valence-electron chi connectivity index (χ1n) is 9.53. The van der Waals surface area contributed by atoms with E-state index in [0.717, 1.165) is 39.6 Å².